The Kier molecular flexibility index (Phi) is 5.41. The third kappa shape index (κ3) is 3.45. The minimum Gasteiger partial charge on any atom is -0.493 e. The molecule has 0 amide bonds. The van der Waals surface area contributed by atoms with E-state index in [2.05, 4.69) is 16.4 Å². The van der Waals surface area contributed by atoms with E-state index in [-0.39, 0.29) is 0 Å². The molecule has 0 bridgehead atoms. The van der Waals surface area contributed by atoms with E-state index in [1.165, 1.54) is 0 Å². The first-order valence-corrected chi connectivity index (χ1v) is 8.60. The molecule has 0 aliphatic rings. The predicted molar refractivity (Wildman–Crippen MR) is 110 cm³/mol. The highest BCUT2D eigenvalue weighted by atomic mass is 16.5. The summed E-state index contributed by atoms with van der Waals surface area (Å²) in [6.07, 6.45) is 0. The topological polar surface area (TPSA) is 79.6 Å². The van der Waals surface area contributed by atoms with Gasteiger partial charge in [0.15, 0.2) is 11.5 Å². The highest BCUT2D eigenvalue weighted by molar-refractivity contribution is 5.92. The number of hydrogen-bond donors (Lipinski definition) is 1. The smallest absolute Gasteiger partial charge is 0.205 e. The van der Waals surface area contributed by atoms with Gasteiger partial charge in [0.1, 0.15) is 17.4 Å². The Labute approximate surface area is 164 Å². The highest BCUT2D eigenvalue weighted by Crippen LogP contribution is 2.43. The Morgan fingerprint density at radius 3 is 2.36 bits per heavy atom. The van der Waals surface area contributed by atoms with E-state index in [9.17, 15) is 5.26 Å². The molecular formula is C21H22N4O3. The van der Waals surface area contributed by atoms with Gasteiger partial charge in [-0.3, -0.25) is 0 Å². The Morgan fingerprint density at radius 1 is 1.00 bits per heavy atom. The van der Waals surface area contributed by atoms with Crippen LogP contribution in [0.15, 0.2) is 36.4 Å². The zero-order chi connectivity index (χ0) is 20.3. The first-order valence-electron chi connectivity index (χ1n) is 8.60. The number of methoxy groups -OCH3 is 3. The molecule has 0 spiro atoms. The molecule has 0 fully saturated rings. The first-order chi connectivity index (χ1) is 13.5. The molecule has 0 saturated heterocycles. The Morgan fingerprint density at radius 2 is 1.75 bits per heavy atom. The molecule has 7 heteroatoms. The Balaban J connectivity index is 2.17. The van der Waals surface area contributed by atoms with Gasteiger partial charge in [-0.2, -0.15) is 5.26 Å². The summed E-state index contributed by atoms with van der Waals surface area (Å²) in [5.41, 5.74) is 2.85. The molecule has 28 heavy (non-hydrogen) atoms. The molecule has 0 aliphatic carbocycles. The molecule has 3 rings (SSSR count). The molecular weight excluding hydrogens is 356 g/mol. The minimum atomic E-state index is 0.414. The van der Waals surface area contributed by atoms with Crippen molar-refractivity contribution in [2.45, 2.75) is 0 Å². The Hall–Kier alpha value is -3.66. The van der Waals surface area contributed by atoms with E-state index in [0.29, 0.717) is 34.1 Å². The maximum atomic E-state index is 9.63. The molecule has 0 aliphatic heterocycles. The second kappa shape index (κ2) is 7.92. The van der Waals surface area contributed by atoms with E-state index >= 15 is 0 Å². The summed E-state index contributed by atoms with van der Waals surface area (Å²) in [4.78, 5) is 6.67. The van der Waals surface area contributed by atoms with Crippen LogP contribution < -0.4 is 24.4 Å². The van der Waals surface area contributed by atoms with Crippen LogP contribution in [-0.2, 0) is 0 Å². The van der Waals surface area contributed by atoms with Crippen LogP contribution in [-0.4, -0.2) is 40.4 Å². The maximum Gasteiger partial charge on any atom is 0.205 e. The third-order valence-corrected chi connectivity index (χ3v) is 4.36. The number of nitrogens with zero attached hydrogens (tertiary/aromatic N) is 3. The fourth-order valence-electron chi connectivity index (χ4n) is 2.96. The summed E-state index contributed by atoms with van der Waals surface area (Å²) in [5.74, 6) is 1.86. The molecule has 1 aromatic heterocycles. The van der Waals surface area contributed by atoms with Crippen molar-refractivity contribution < 1.29 is 14.2 Å². The van der Waals surface area contributed by atoms with Crippen LogP contribution in [0.4, 0.5) is 17.2 Å². The number of fused-ring (bicyclic) bond motifs is 1. The van der Waals surface area contributed by atoms with Crippen molar-refractivity contribution >= 4 is 28.1 Å². The monoisotopic (exact) mass is 378 g/mol. The minimum absolute atomic E-state index is 0.414. The third-order valence-electron chi connectivity index (χ3n) is 4.36. The lowest BCUT2D eigenvalue weighted by atomic mass is 10.1. The number of hydrogen-bond acceptors (Lipinski definition) is 7. The molecule has 0 atom stereocenters. The molecule has 1 N–H and O–H groups in total. The highest BCUT2D eigenvalue weighted by Gasteiger charge is 2.19. The molecule has 144 valence electrons. The van der Waals surface area contributed by atoms with Crippen LogP contribution in [0.2, 0.25) is 0 Å². The number of benzene rings is 2. The SMILES string of the molecule is COc1cc2cc(C#N)c(Nc3cccc(N(C)C)c3)nc2c(OC)c1OC. The standard InChI is InChI=1S/C21H22N4O3/c1-25(2)16-8-6-7-15(11-16)23-21-14(12-22)9-13-10-17(26-3)19(27-4)20(28-5)18(13)24-21/h6-11H,1-5H3,(H,23,24). The van der Waals surface area contributed by atoms with E-state index in [0.717, 1.165) is 16.8 Å². The number of rotatable bonds is 6. The van der Waals surface area contributed by atoms with Gasteiger partial charge < -0.3 is 24.4 Å². The number of ether oxygens (including phenoxy) is 3. The van der Waals surface area contributed by atoms with Crippen molar-refractivity contribution in [3.63, 3.8) is 0 Å². The lowest BCUT2D eigenvalue weighted by Gasteiger charge is -2.17. The molecule has 0 saturated carbocycles. The van der Waals surface area contributed by atoms with Gasteiger partial charge in [0.25, 0.3) is 0 Å². The van der Waals surface area contributed by atoms with Crippen LogP contribution in [0.1, 0.15) is 5.56 Å². The van der Waals surface area contributed by atoms with Crippen LogP contribution in [0.3, 0.4) is 0 Å². The van der Waals surface area contributed by atoms with Gasteiger partial charge in [-0.1, -0.05) is 6.07 Å². The van der Waals surface area contributed by atoms with Crippen molar-refractivity contribution in [3.8, 4) is 23.3 Å². The van der Waals surface area contributed by atoms with Crippen molar-refractivity contribution in [3.05, 3.63) is 42.0 Å². The van der Waals surface area contributed by atoms with Crippen molar-refractivity contribution in [2.75, 3.05) is 45.6 Å². The molecule has 0 radical (unpaired) electrons. The van der Waals surface area contributed by atoms with E-state index in [1.54, 1.807) is 33.5 Å². The summed E-state index contributed by atoms with van der Waals surface area (Å²) in [6, 6.07) is 13.6. The Bertz CT molecular complexity index is 1060. The number of anilines is 3. The lowest BCUT2D eigenvalue weighted by Crippen LogP contribution is -2.08. The van der Waals surface area contributed by atoms with E-state index in [4.69, 9.17) is 14.2 Å². The van der Waals surface area contributed by atoms with Crippen molar-refractivity contribution in [2.24, 2.45) is 0 Å². The number of aromatic nitrogens is 1. The zero-order valence-electron chi connectivity index (χ0n) is 16.5. The van der Waals surface area contributed by atoms with Crippen molar-refractivity contribution in [1.29, 1.82) is 5.26 Å². The summed E-state index contributed by atoms with van der Waals surface area (Å²) in [5, 5.41) is 13.6. The number of nitrogens with one attached hydrogen (secondary N) is 1. The summed E-state index contributed by atoms with van der Waals surface area (Å²) < 4.78 is 16.4. The average Bonchev–Trinajstić information content (AvgIpc) is 2.71. The molecule has 1 heterocycles. The van der Waals surface area contributed by atoms with Gasteiger partial charge >= 0.3 is 0 Å². The molecule has 0 unspecified atom stereocenters. The maximum absolute atomic E-state index is 9.63. The lowest BCUT2D eigenvalue weighted by molar-refractivity contribution is 0.327. The normalized spacial score (nSPS) is 10.3. The molecule has 7 nitrogen and oxygen atoms in total. The van der Waals surface area contributed by atoms with Gasteiger partial charge in [0.05, 0.1) is 26.9 Å². The van der Waals surface area contributed by atoms with Crippen molar-refractivity contribution in [1.82, 2.24) is 4.98 Å². The second-order valence-electron chi connectivity index (χ2n) is 6.28. The van der Waals surface area contributed by atoms with Crippen LogP contribution in [0.25, 0.3) is 10.9 Å². The summed E-state index contributed by atoms with van der Waals surface area (Å²) >= 11 is 0. The van der Waals surface area contributed by atoms with Crippen LogP contribution in [0, 0.1) is 11.3 Å². The fourth-order valence-corrected chi connectivity index (χ4v) is 2.96. The van der Waals surface area contributed by atoms with Gasteiger partial charge in [-0.05, 0) is 30.3 Å². The van der Waals surface area contributed by atoms with Crippen LogP contribution in [0.5, 0.6) is 17.2 Å². The summed E-state index contributed by atoms with van der Waals surface area (Å²) in [6.45, 7) is 0. The van der Waals surface area contributed by atoms with E-state index in [1.807, 2.05) is 43.3 Å². The molecule has 3 aromatic rings. The van der Waals surface area contributed by atoms with Gasteiger partial charge in [-0.25, -0.2) is 4.98 Å². The van der Waals surface area contributed by atoms with Gasteiger partial charge in [0.2, 0.25) is 5.75 Å². The number of pyridine rings is 1. The predicted octanol–water partition coefficient (Wildman–Crippen LogP) is 3.94. The largest absolute Gasteiger partial charge is 0.493 e. The molecule has 2 aromatic carbocycles. The summed E-state index contributed by atoms with van der Waals surface area (Å²) in [7, 11) is 8.58. The fraction of sp³-hybridized carbons (Fsp3) is 0.238. The number of nitriles is 1. The second-order valence-corrected chi connectivity index (χ2v) is 6.28. The zero-order valence-corrected chi connectivity index (χ0v) is 16.5. The van der Waals surface area contributed by atoms with Crippen LogP contribution >= 0.6 is 0 Å². The first kappa shape index (κ1) is 19.1. The van der Waals surface area contributed by atoms with Gasteiger partial charge in [0, 0.05) is 30.9 Å². The van der Waals surface area contributed by atoms with Gasteiger partial charge in [-0.15, -0.1) is 0 Å². The quantitative estimate of drug-likeness (QED) is 0.696. The van der Waals surface area contributed by atoms with E-state index < -0.39 is 0 Å². The average molecular weight is 378 g/mol.